The first-order valence-electron chi connectivity index (χ1n) is 34.0. The molecule has 0 aromatic heterocycles. The quantitative estimate of drug-likeness (QED) is 0.0373. The van der Waals surface area contributed by atoms with Gasteiger partial charge < -0.3 is 14.6 Å². The standard InChI is InChI=1S/C77H126O5/c1-3-5-7-9-11-13-15-17-19-21-23-25-27-29-31-33-35-37-38-40-42-44-46-48-50-52-54-56-58-60-62-64-66-68-70-72-77(80)82-75(73-78)74-81-76(79)71-69-67-65-63-61-59-57-55-53-51-49-47-45-43-41-39-36-34-32-30-28-26-24-22-20-18-16-14-12-10-8-6-4-2/h5-8,11-14,17-20,23-26,29,31,35,37,40,42,46,48,52,54,75,78H,3-4,9-10,15-16,21-22,27-28,30,32-34,36,38-39,41,43-45,47,49-51,53,55-74H2,1-2H3/b7-5-,8-6-,13-11-,14-12-,19-17-,20-18-,25-23-,26-24-,31-29-,37-35-,42-40-,48-46-,54-52-. The number of unbranched alkanes of at least 4 members (excludes halogenated alkanes) is 27. The van der Waals surface area contributed by atoms with Gasteiger partial charge in [0.1, 0.15) is 6.61 Å². The summed E-state index contributed by atoms with van der Waals surface area (Å²) in [7, 11) is 0. The number of aliphatic hydroxyl groups is 1. The number of esters is 2. The maximum Gasteiger partial charge on any atom is 0.306 e. The van der Waals surface area contributed by atoms with Gasteiger partial charge in [-0.3, -0.25) is 9.59 Å². The Balaban J connectivity index is 3.54. The predicted molar refractivity (Wildman–Crippen MR) is 361 cm³/mol. The van der Waals surface area contributed by atoms with Crippen molar-refractivity contribution in [3.63, 3.8) is 0 Å². The van der Waals surface area contributed by atoms with E-state index < -0.39 is 6.10 Å². The Kier molecular flexibility index (Phi) is 66.9. The van der Waals surface area contributed by atoms with Crippen LogP contribution in [0.5, 0.6) is 0 Å². The summed E-state index contributed by atoms with van der Waals surface area (Å²) < 4.78 is 10.7. The zero-order valence-electron chi connectivity index (χ0n) is 53.2. The van der Waals surface area contributed by atoms with E-state index in [0.717, 1.165) is 128 Å². The molecule has 1 unspecified atom stereocenters. The van der Waals surface area contributed by atoms with Gasteiger partial charge in [0.15, 0.2) is 6.10 Å². The lowest BCUT2D eigenvalue weighted by molar-refractivity contribution is -0.161. The van der Waals surface area contributed by atoms with E-state index in [1.165, 1.54) is 141 Å². The second-order valence-electron chi connectivity index (χ2n) is 22.1. The average molecular weight is 1130 g/mol. The third-order valence-electron chi connectivity index (χ3n) is 14.3. The number of carbonyl (C=O) groups is 2. The highest BCUT2D eigenvalue weighted by Crippen LogP contribution is 2.17. The SMILES string of the molecule is CC/C=C\C/C=C\C/C=C\C/C=C\C/C=C\C/C=C\C/C=C\C/C=C\C/C=C\CCCCCCCCCC(=O)OC(CO)COC(=O)CCCCCCCCCCCCCCCCCCCCCC/C=C\C/C=C\C/C=C\C/C=C\CC. The lowest BCUT2D eigenvalue weighted by atomic mass is 10.0. The molecule has 1 N–H and O–H groups in total. The van der Waals surface area contributed by atoms with Crippen LogP contribution in [0.15, 0.2) is 158 Å². The van der Waals surface area contributed by atoms with Crippen molar-refractivity contribution in [2.24, 2.45) is 0 Å². The maximum atomic E-state index is 12.4. The fourth-order valence-electron chi connectivity index (χ4n) is 9.31. The Morgan fingerprint density at radius 2 is 0.488 bits per heavy atom. The number of carbonyl (C=O) groups excluding carboxylic acids is 2. The first-order chi connectivity index (χ1) is 40.6. The van der Waals surface area contributed by atoms with Crippen LogP contribution in [-0.2, 0) is 19.1 Å². The molecule has 1 atom stereocenters. The molecule has 0 amide bonds. The predicted octanol–water partition coefficient (Wildman–Crippen LogP) is 23.9. The minimum Gasteiger partial charge on any atom is -0.462 e. The maximum absolute atomic E-state index is 12.4. The van der Waals surface area contributed by atoms with Crippen molar-refractivity contribution in [3.8, 4) is 0 Å². The number of rotatable bonds is 61. The Morgan fingerprint density at radius 1 is 0.280 bits per heavy atom. The van der Waals surface area contributed by atoms with Gasteiger partial charge in [0.25, 0.3) is 0 Å². The molecule has 0 saturated carbocycles. The third kappa shape index (κ3) is 68.0. The number of ether oxygens (including phenoxy) is 2. The Morgan fingerprint density at radius 3 is 0.732 bits per heavy atom. The molecule has 0 aliphatic carbocycles. The summed E-state index contributed by atoms with van der Waals surface area (Å²) in [5.41, 5.74) is 0. The van der Waals surface area contributed by atoms with Crippen molar-refractivity contribution >= 4 is 11.9 Å². The van der Waals surface area contributed by atoms with Gasteiger partial charge in [0.05, 0.1) is 6.61 Å². The van der Waals surface area contributed by atoms with Crippen LogP contribution in [0.3, 0.4) is 0 Å². The summed E-state index contributed by atoms with van der Waals surface area (Å²) >= 11 is 0. The Labute approximate surface area is 507 Å². The molecule has 0 radical (unpaired) electrons. The minimum atomic E-state index is -0.789. The van der Waals surface area contributed by atoms with Crippen LogP contribution in [-0.4, -0.2) is 36.4 Å². The van der Waals surface area contributed by atoms with Crippen molar-refractivity contribution < 1.29 is 24.2 Å². The van der Waals surface area contributed by atoms with E-state index in [4.69, 9.17) is 9.47 Å². The normalized spacial score (nSPS) is 13.3. The van der Waals surface area contributed by atoms with Gasteiger partial charge in [-0.05, 0) is 122 Å². The van der Waals surface area contributed by atoms with Crippen molar-refractivity contribution in [2.75, 3.05) is 13.2 Å². The number of hydrogen-bond donors (Lipinski definition) is 1. The van der Waals surface area contributed by atoms with Crippen molar-refractivity contribution in [2.45, 2.75) is 302 Å². The molecular weight excluding hydrogens is 1000 g/mol. The fraction of sp³-hybridized carbons (Fsp3) is 0.636. The molecule has 0 fully saturated rings. The molecule has 0 heterocycles. The molecule has 0 aromatic carbocycles. The van der Waals surface area contributed by atoms with Gasteiger partial charge in [-0.15, -0.1) is 0 Å². The topological polar surface area (TPSA) is 72.8 Å². The highest BCUT2D eigenvalue weighted by Gasteiger charge is 2.16. The first-order valence-corrected chi connectivity index (χ1v) is 34.0. The molecule has 0 aliphatic heterocycles. The highest BCUT2D eigenvalue weighted by atomic mass is 16.6. The summed E-state index contributed by atoms with van der Waals surface area (Å²) in [6.45, 7) is 3.92. The molecule has 0 aliphatic rings. The van der Waals surface area contributed by atoms with Crippen LogP contribution >= 0.6 is 0 Å². The second kappa shape index (κ2) is 70.8. The summed E-state index contributed by atoms with van der Waals surface area (Å²) in [5, 5.41) is 9.70. The lowest BCUT2D eigenvalue weighted by Crippen LogP contribution is -2.28. The summed E-state index contributed by atoms with van der Waals surface area (Å²) in [4.78, 5) is 24.6. The van der Waals surface area contributed by atoms with Crippen molar-refractivity contribution in [3.05, 3.63) is 158 Å². The van der Waals surface area contributed by atoms with E-state index in [9.17, 15) is 14.7 Å². The van der Waals surface area contributed by atoms with E-state index in [0.29, 0.717) is 12.8 Å². The zero-order valence-corrected chi connectivity index (χ0v) is 53.2. The molecule has 82 heavy (non-hydrogen) atoms. The first kappa shape index (κ1) is 77.5. The largest absolute Gasteiger partial charge is 0.462 e. The van der Waals surface area contributed by atoms with Crippen LogP contribution in [0, 0.1) is 0 Å². The van der Waals surface area contributed by atoms with Crippen molar-refractivity contribution in [1.82, 2.24) is 0 Å². The van der Waals surface area contributed by atoms with Crippen molar-refractivity contribution in [1.29, 1.82) is 0 Å². The van der Waals surface area contributed by atoms with E-state index in [1.807, 2.05) is 0 Å². The number of hydrogen-bond acceptors (Lipinski definition) is 5. The highest BCUT2D eigenvalue weighted by molar-refractivity contribution is 5.70. The monoisotopic (exact) mass is 1130 g/mol. The Bertz CT molecular complexity index is 1760. The molecule has 5 nitrogen and oxygen atoms in total. The molecular formula is C77H126O5. The third-order valence-corrected chi connectivity index (χ3v) is 14.3. The van der Waals surface area contributed by atoms with Gasteiger partial charge in [0.2, 0.25) is 0 Å². The molecule has 0 spiro atoms. The van der Waals surface area contributed by atoms with Gasteiger partial charge in [0, 0.05) is 12.8 Å². The molecule has 464 valence electrons. The summed E-state index contributed by atoms with van der Waals surface area (Å²) in [5.74, 6) is -0.603. The van der Waals surface area contributed by atoms with Gasteiger partial charge in [-0.2, -0.15) is 0 Å². The van der Waals surface area contributed by atoms with Gasteiger partial charge in [-0.25, -0.2) is 0 Å². The fourth-order valence-corrected chi connectivity index (χ4v) is 9.31. The number of allylic oxidation sites excluding steroid dienone is 26. The van der Waals surface area contributed by atoms with E-state index >= 15 is 0 Å². The van der Waals surface area contributed by atoms with Crippen LogP contribution in [0.2, 0.25) is 0 Å². The van der Waals surface area contributed by atoms with Crippen LogP contribution in [0.4, 0.5) is 0 Å². The van der Waals surface area contributed by atoms with Gasteiger partial charge in [-0.1, -0.05) is 320 Å². The van der Waals surface area contributed by atoms with E-state index in [1.54, 1.807) is 0 Å². The zero-order chi connectivity index (χ0) is 59.1. The second-order valence-corrected chi connectivity index (χ2v) is 22.1. The van der Waals surface area contributed by atoms with Gasteiger partial charge >= 0.3 is 11.9 Å². The lowest BCUT2D eigenvalue weighted by Gasteiger charge is -2.15. The Hall–Kier alpha value is -4.48. The molecule has 0 rings (SSSR count). The molecule has 0 saturated heterocycles. The smallest absolute Gasteiger partial charge is 0.306 e. The average Bonchev–Trinajstić information content (AvgIpc) is 3.49. The van der Waals surface area contributed by atoms with Crippen LogP contribution in [0.1, 0.15) is 296 Å². The van der Waals surface area contributed by atoms with Crippen LogP contribution in [0.25, 0.3) is 0 Å². The minimum absolute atomic E-state index is 0.0767. The van der Waals surface area contributed by atoms with Crippen LogP contribution < -0.4 is 0 Å². The molecule has 0 aromatic rings. The summed E-state index contributed by atoms with van der Waals surface area (Å²) in [6.07, 6.45) is 108. The van der Waals surface area contributed by atoms with E-state index in [2.05, 4.69) is 172 Å². The summed E-state index contributed by atoms with van der Waals surface area (Å²) in [6, 6.07) is 0. The molecule has 5 heteroatoms. The number of aliphatic hydroxyl groups excluding tert-OH is 1. The van der Waals surface area contributed by atoms with E-state index in [-0.39, 0.29) is 25.2 Å². The molecule has 0 bridgehead atoms.